The maximum Gasteiger partial charge on any atom is 0.257 e. The Morgan fingerprint density at radius 1 is 1.19 bits per heavy atom. The van der Waals surface area contributed by atoms with Crippen molar-refractivity contribution in [3.05, 3.63) is 42.1 Å². The predicted molar refractivity (Wildman–Crippen MR) is 57.0 cm³/mol. The van der Waals surface area contributed by atoms with E-state index in [0.717, 1.165) is 5.56 Å². The van der Waals surface area contributed by atoms with Gasteiger partial charge in [-0.05, 0) is 5.56 Å². The van der Waals surface area contributed by atoms with E-state index in [-0.39, 0.29) is 0 Å². The van der Waals surface area contributed by atoms with Gasteiger partial charge in [-0.1, -0.05) is 30.3 Å². The van der Waals surface area contributed by atoms with Gasteiger partial charge in [0, 0.05) is 5.56 Å². The highest BCUT2D eigenvalue weighted by Gasteiger charge is 2.22. The Labute approximate surface area is 91.3 Å². The molecule has 2 rings (SSSR count). The van der Waals surface area contributed by atoms with Crippen LogP contribution in [-0.2, 0) is 0 Å². The van der Waals surface area contributed by atoms with Crippen LogP contribution in [0.2, 0.25) is 0 Å². The van der Waals surface area contributed by atoms with Crippen LogP contribution < -0.4 is 5.73 Å². The van der Waals surface area contributed by atoms with Gasteiger partial charge < -0.3 is 5.73 Å². The molecule has 5 heteroatoms. The summed E-state index contributed by atoms with van der Waals surface area (Å²) in [4.78, 5) is 0. The summed E-state index contributed by atoms with van der Waals surface area (Å²) in [6.07, 6.45) is -1.25. The molecule has 3 nitrogen and oxygen atoms in total. The molecule has 84 valence electrons. The monoisotopic (exact) mass is 223 g/mol. The predicted octanol–water partition coefficient (Wildman–Crippen LogP) is 2.34. The standard InChI is InChI=1S/C11H11F2N3/c12-11(13)9(14)8-6-15-16-10(8)7-4-2-1-3-5-7/h1-6,9,11H,14H2,(H,15,16). The summed E-state index contributed by atoms with van der Waals surface area (Å²) in [7, 11) is 0. The second-order valence-corrected chi connectivity index (χ2v) is 3.43. The van der Waals surface area contributed by atoms with Gasteiger partial charge in [-0.15, -0.1) is 0 Å². The van der Waals surface area contributed by atoms with E-state index in [1.807, 2.05) is 30.3 Å². The number of nitrogens with zero attached hydrogens (tertiary/aromatic N) is 1. The third-order valence-corrected chi connectivity index (χ3v) is 2.36. The van der Waals surface area contributed by atoms with Gasteiger partial charge >= 0.3 is 0 Å². The lowest BCUT2D eigenvalue weighted by Crippen LogP contribution is -2.19. The molecule has 0 radical (unpaired) electrons. The fraction of sp³-hybridized carbons (Fsp3) is 0.182. The molecule has 0 aliphatic rings. The molecule has 2 aromatic rings. The van der Waals surface area contributed by atoms with E-state index >= 15 is 0 Å². The first-order valence-electron chi connectivity index (χ1n) is 4.82. The van der Waals surface area contributed by atoms with Gasteiger partial charge in [-0.25, -0.2) is 8.78 Å². The van der Waals surface area contributed by atoms with Gasteiger partial charge in [0.25, 0.3) is 6.43 Å². The molecular formula is C11H11F2N3. The second-order valence-electron chi connectivity index (χ2n) is 3.43. The fourth-order valence-electron chi connectivity index (χ4n) is 1.52. The molecule has 0 aliphatic carbocycles. The Balaban J connectivity index is 2.40. The minimum atomic E-state index is -2.60. The smallest absolute Gasteiger partial charge is 0.257 e. The highest BCUT2D eigenvalue weighted by molar-refractivity contribution is 5.63. The number of aromatic nitrogens is 2. The molecule has 0 bridgehead atoms. The molecule has 0 aliphatic heterocycles. The minimum absolute atomic E-state index is 0.334. The number of aromatic amines is 1. The summed E-state index contributed by atoms with van der Waals surface area (Å²) in [5.41, 5.74) is 7.09. The number of hydrogen-bond donors (Lipinski definition) is 2. The normalized spacial score (nSPS) is 13.0. The van der Waals surface area contributed by atoms with Gasteiger partial charge in [-0.3, -0.25) is 5.10 Å². The molecule has 1 heterocycles. The van der Waals surface area contributed by atoms with Crippen LogP contribution in [0.3, 0.4) is 0 Å². The lowest BCUT2D eigenvalue weighted by atomic mass is 10.0. The topological polar surface area (TPSA) is 54.7 Å². The van der Waals surface area contributed by atoms with Crippen molar-refractivity contribution in [1.29, 1.82) is 0 Å². The number of benzene rings is 1. The Morgan fingerprint density at radius 2 is 1.88 bits per heavy atom. The van der Waals surface area contributed by atoms with Crippen LogP contribution in [0.4, 0.5) is 8.78 Å². The zero-order chi connectivity index (χ0) is 11.5. The van der Waals surface area contributed by atoms with Crippen molar-refractivity contribution in [3.8, 4) is 11.3 Å². The molecule has 0 saturated heterocycles. The van der Waals surface area contributed by atoms with Crippen molar-refractivity contribution >= 4 is 0 Å². The lowest BCUT2D eigenvalue weighted by Gasteiger charge is -2.10. The van der Waals surface area contributed by atoms with E-state index in [2.05, 4.69) is 10.2 Å². The number of hydrogen-bond acceptors (Lipinski definition) is 2. The summed E-state index contributed by atoms with van der Waals surface area (Å²) in [5, 5.41) is 6.46. The van der Waals surface area contributed by atoms with E-state index in [9.17, 15) is 8.78 Å². The van der Waals surface area contributed by atoms with Crippen LogP contribution in [0.5, 0.6) is 0 Å². The number of nitrogens with one attached hydrogen (secondary N) is 1. The Kier molecular flexibility index (Phi) is 2.96. The number of halogens is 2. The number of H-pyrrole nitrogens is 1. The van der Waals surface area contributed by atoms with Gasteiger partial charge in [0.2, 0.25) is 0 Å². The van der Waals surface area contributed by atoms with Crippen LogP contribution in [0.15, 0.2) is 36.5 Å². The van der Waals surface area contributed by atoms with Gasteiger partial charge in [0.1, 0.15) is 0 Å². The fourth-order valence-corrected chi connectivity index (χ4v) is 1.52. The molecule has 0 saturated carbocycles. The first kappa shape index (κ1) is 10.8. The van der Waals surface area contributed by atoms with Crippen molar-refractivity contribution in [2.45, 2.75) is 12.5 Å². The maximum absolute atomic E-state index is 12.5. The molecular weight excluding hydrogens is 212 g/mol. The maximum atomic E-state index is 12.5. The second kappa shape index (κ2) is 4.40. The summed E-state index contributed by atoms with van der Waals surface area (Å²) in [5.74, 6) is 0. The minimum Gasteiger partial charge on any atom is -0.319 e. The Bertz CT molecular complexity index is 453. The molecule has 1 unspecified atom stereocenters. The lowest BCUT2D eigenvalue weighted by molar-refractivity contribution is 0.116. The van der Waals surface area contributed by atoms with E-state index < -0.39 is 12.5 Å². The first-order chi connectivity index (χ1) is 7.70. The number of rotatable bonds is 3. The summed E-state index contributed by atoms with van der Waals surface area (Å²) in [6, 6.07) is 7.83. The molecule has 1 aromatic carbocycles. The Hall–Kier alpha value is -1.75. The molecule has 0 amide bonds. The molecule has 3 N–H and O–H groups in total. The third-order valence-electron chi connectivity index (χ3n) is 2.36. The highest BCUT2D eigenvalue weighted by atomic mass is 19.3. The highest BCUT2D eigenvalue weighted by Crippen LogP contribution is 2.27. The van der Waals surface area contributed by atoms with E-state index in [4.69, 9.17) is 5.73 Å². The van der Waals surface area contributed by atoms with Crippen molar-refractivity contribution in [2.75, 3.05) is 0 Å². The average Bonchev–Trinajstić information content (AvgIpc) is 2.77. The summed E-state index contributed by atoms with van der Waals surface area (Å²) in [6.45, 7) is 0. The average molecular weight is 223 g/mol. The SMILES string of the molecule is NC(c1cn[nH]c1-c1ccccc1)C(F)F. The van der Waals surface area contributed by atoms with E-state index in [1.54, 1.807) is 0 Å². The largest absolute Gasteiger partial charge is 0.319 e. The molecule has 0 fully saturated rings. The van der Waals surface area contributed by atoms with Crippen molar-refractivity contribution in [2.24, 2.45) is 5.73 Å². The van der Waals surface area contributed by atoms with Crippen LogP contribution in [0.1, 0.15) is 11.6 Å². The summed E-state index contributed by atoms with van der Waals surface area (Å²) >= 11 is 0. The van der Waals surface area contributed by atoms with Crippen LogP contribution in [-0.4, -0.2) is 16.6 Å². The van der Waals surface area contributed by atoms with Crippen LogP contribution in [0.25, 0.3) is 11.3 Å². The zero-order valence-corrected chi connectivity index (χ0v) is 8.40. The van der Waals surface area contributed by atoms with Crippen molar-refractivity contribution in [1.82, 2.24) is 10.2 Å². The summed E-state index contributed by atoms with van der Waals surface area (Å²) < 4.78 is 25.0. The van der Waals surface area contributed by atoms with E-state index in [0.29, 0.717) is 11.3 Å². The molecule has 1 aromatic heterocycles. The van der Waals surface area contributed by atoms with Gasteiger partial charge in [0.05, 0.1) is 17.9 Å². The van der Waals surface area contributed by atoms with Gasteiger partial charge in [0.15, 0.2) is 0 Å². The zero-order valence-electron chi connectivity index (χ0n) is 8.40. The van der Waals surface area contributed by atoms with E-state index in [1.165, 1.54) is 6.20 Å². The molecule has 0 spiro atoms. The quantitative estimate of drug-likeness (QED) is 0.839. The van der Waals surface area contributed by atoms with Crippen molar-refractivity contribution in [3.63, 3.8) is 0 Å². The first-order valence-corrected chi connectivity index (χ1v) is 4.82. The number of nitrogens with two attached hydrogens (primary N) is 1. The van der Waals surface area contributed by atoms with Crippen LogP contribution in [0, 0.1) is 0 Å². The molecule has 16 heavy (non-hydrogen) atoms. The van der Waals surface area contributed by atoms with Crippen LogP contribution >= 0.6 is 0 Å². The van der Waals surface area contributed by atoms with Gasteiger partial charge in [-0.2, -0.15) is 5.10 Å². The number of alkyl halides is 2. The Morgan fingerprint density at radius 3 is 2.50 bits per heavy atom. The molecule has 1 atom stereocenters. The third kappa shape index (κ3) is 1.94. The van der Waals surface area contributed by atoms with Crippen molar-refractivity contribution < 1.29 is 8.78 Å².